The van der Waals surface area contributed by atoms with Crippen molar-refractivity contribution in [1.82, 2.24) is 15.5 Å². The molecule has 0 saturated carbocycles. The van der Waals surface area contributed by atoms with Crippen molar-refractivity contribution in [3.63, 3.8) is 0 Å². The Kier molecular flexibility index (Phi) is 5.91. The molecular weight excluding hydrogens is 318 g/mol. The fourth-order valence-electron chi connectivity index (χ4n) is 3.72. The highest BCUT2D eigenvalue weighted by Gasteiger charge is 2.33. The molecule has 3 amide bonds. The Morgan fingerprint density at radius 1 is 1.28 bits per heavy atom. The number of rotatable bonds is 5. The van der Waals surface area contributed by atoms with E-state index in [-0.39, 0.29) is 11.9 Å². The number of likely N-dealkylation sites (tertiary alicyclic amines) is 1. The summed E-state index contributed by atoms with van der Waals surface area (Å²) in [5.41, 5.74) is 1.69. The van der Waals surface area contributed by atoms with Gasteiger partial charge in [0, 0.05) is 45.5 Å². The Morgan fingerprint density at radius 2 is 2.16 bits per heavy atom. The lowest BCUT2D eigenvalue weighted by Crippen LogP contribution is -2.39. The number of nitrogens with zero attached hydrogens (tertiary/aromatic N) is 1. The van der Waals surface area contributed by atoms with Crippen LogP contribution >= 0.6 is 0 Å². The predicted octanol–water partition coefficient (Wildman–Crippen LogP) is 1.66. The molecule has 6 nitrogen and oxygen atoms in total. The lowest BCUT2D eigenvalue weighted by molar-refractivity contribution is 0.0963. The zero-order chi connectivity index (χ0) is 17.6. The summed E-state index contributed by atoms with van der Waals surface area (Å²) in [7, 11) is 1.62. The molecule has 0 unspecified atom stereocenters. The summed E-state index contributed by atoms with van der Waals surface area (Å²) in [6.45, 7) is 3.96. The number of urea groups is 1. The van der Waals surface area contributed by atoms with Crippen molar-refractivity contribution in [1.29, 1.82) is 0 Å². The van der Waals surface area contributed by atoms with E-state index in [9.17, 15) is 9.59 Å². The molecule has 0 aliphatic carbocycles. The van der Waals surface area contributed by atoms with Gasteiger partial charge in [-0.25, -0.2) is 4.79 Å². The second-order valence-corrected chi connectivity index (χ2v) is 6.88. The quantitative estimate of drug-likeness (QED) is 0.853. The largest absolute Gasteiger partial charge is 0.381 e. The molecule has 2 aliphatic rings. The fourth-order valence-corrected chi connectivity index (χ4v) is 3.72. The number of carbonyl (C=O) groups is 2. The number of carbonyl (C=O) groups excluding carboxylic acids is 2. The molecule has 2 aliphatic heterocycles. The van der Waals surface area contributed by atoms with Crippen LogP contribution < -0.4 is 10.6 Å². The minimum atomic E-state index is -0.0927. The minimum absolute atomic E-state index is 0.0175. The van der Waals surface area contributed by atoms with Crippen LogP contribution in [0.5, 0.6) is 0 Å². The van der Waals surface area contributed by atoms with Gasteiger partial charge >= 0.3 is 6.03 Å². The molecule has 0 aromatic heterocycles. The van der Waals surface area contributed by atoms with Crippen molar-refractivity contribution in [3.8, 4) is 0 Å². The van der Waals surface area contributed by atoms with Gasteiger partial charge < -0.3 is 20.3 Å². The van der Waals surface area contributed by atoms with Gasteiger partial charge in [-0.15, -0.1) is 0 Å². The first-order chi connectivity index (χ1) is 12.2. The molecule has 136 valence electrons. The lowest BCUT2D eigenvalue weighted by atomic mass is 9.91. The van der Waals surface area contributed by atoms with Gasteiger partial charge in [-0.1, -0.05) is 12.1 Å². The van der Waals surface area contributed by atoms with E-state index in [2.05, 4.69) is 10.6 Å². The Balaban J connectivity index is 1.43. The molecule has 6 heteroatoms. The molecular formula is C19H27N3O3. The molecule has 1 aromatic rings. The van der Waals surface area contributed by atoms with Crippen molar-refractivity contribution in [2.75, 3.05) is 39.9 Å². The van der Waals surface area contributed by atoms with E-state index in [0.29, 0.717) is 30.4 Å². The normalized spacial score (nSPS) is 22.8. The number of benzene rings is 1. The zero-order valence-corrected chi connectivity index (χ0v) is 14.8. The van der Waals surface area contributed by atoms with Crippen molar-refractivity contribution in [2.45, 2.75) is 19.3 Å². The highest BCUT2D eigenvalue weighted by atomic mass is 16.5. The van der Waals surface area contributed by atoms with Crippen molar-refractivity contribution < 1.29 is 14.3 Å². The van der Waals surface area contributed by atoms with Crippen LogP contribution in [0.25, 0.3) is 0 Å². The van der Waals surface area contributed by atoms with Crippen LogP contribution in [0.15, 0.2) is 24.3 Å². The smallest absolute Gasteiger partial charge is 0.317 e. The Labute approximate surface area is 148 Å². The monoisotopic (exact) mass is 345 g/mol. The predicted molar refractivity (Wildman–Crippen MR) is 95.5 cm³/mol. The second kappa shape index (κ2) is 8.34. The summed E-state index contributed by atoms with van der Waals surface area (Å²) < 4.78 is 5.47. The number of ether oxygens (including phenoxy) is 1. The van der Waals surface area contributed by atoms with Gasteiger partial charge in [0.1, 0.15) is 0 Å². The van der Waals surface area contributed by atoms with E-state index in [0.717, 1.165) is 44.7 Å². The zero-order valence-electron chi connectivity index (χ0n) is 14.8. The van der Waals surface area contributed by atoms with Gasteiger partial charge in [0.2, 0.25) is 0 Å². The molecule has 0 bridgehead atoms. The third-order valence-corrected chi connectivity index (χ3v) is 5.25. The van der Waals surface area contributed by atoms with Crippen LogP contribution in [-0.4, -0.2) is 56.7 Å². The average Bonchev–Trinajstić information content (AvgIpc) is 3.32. The molecule has 1 aromatic carbocycles. The van der Waals surface area contributed by atoms with Crippen LogP contribution in [0.1, 0.15) is 28.8 Å². The van der Waals surface area contributed by atoms with Crippen LogP contribution in [0.2, 0.25) is 0 Å². The Hall–Kier alpha value is -2.08. The van der Waals surface area contributed by atoms with Crippen molar-refractivity contribution in [2.24, 2.45) is 11.8 Å². The molecule has 0 radical (unpaired) electrons. The number of nitrogens with one attached hydrogen (secondary N) is 2. The molecule has 3 rings (SSSR count). The maximum Gasteiger partial charge on any atom is 0.317 e. The lowest BCUT2D eigenvalue weighted by Gasteiger charge is -2.19. The van der Waals surface area contributed by atoms with Crippen molar-refractivity contribution in [3.05, 3.63) is 35.4 Å². The summed E-state index contributed by atoms with van der Waals surface area (Å²) >= 11 is 0. The van der Waals surface area contributed by atoms with Gasteiger partial charge in [-0.05, 0) is 48.8 Å². The molecule has 2 atom stereocenters. The van der Waals surface area contributed by atoms with Crippen LogP contribution in [0.3, 0.4) is 0 Å². The number of amides is 3. The maximum atomic E-state index is 12.3. The first-order valence-electron chi connectivity index (χ1n) is 9.09. The highest BCUT2D eigenvalue weighted by Crippen LogP contribution is 2.29. The first-order valence-corrected chi connectivity index (χ1v) is 9.09. The van der Waals surface area contributed by atoms with Crippen molar-refractivity contribution >= 4 is 11.9 Å². The van der Waals surface area contributed by atoms with Gasteiger partial charge in [0.05, 0.1) is 0 Å². The summed E-state index contributed by atoms with van der Waals surface area (Å²) in [6.07, 6.45) is 2.92. The highest BCUT2D eigenvalue weighted by molar-refractivity contribution is 5.94. The molecule has 2 heterocycles. The molecule has 2 fully saturated rings. The topological polar surface area (TPSA) is 70.7 Å². The number of hydrogen-bond acceptors (Lipinski definition) is 3. The molecule has 2 saturated heterocycles. The second-order valence-electron chi connectivity index (χ2n) is 6.88. The third-order valence-electron chi connectivity index (χ3n) is 5.25. The van der Waals surface area contributed by atoms with Gasteiger partial charge in [-0.3, -0.25) is 4.79 Å². The van der Waals surface area contributed by atoms with Crippen LogP contribution in [0, 0.1) is 11.8 Å². The summed E-state index contributed by atoms with van der Waals surface area (Å²) in [6, 6.07) is 7.53. The first kappa shape index (κ1) is 17.7. The van der Waals surface area contributed by atoms with Gasteiger partial charge in [-0.2, -0.15) is 0 Å². The molecule has 25 heavy (non-hydrogen) atoms. The van der Waals surface area contributed by atoms with E-state index in [1.807, 2.05) is 23.1 Å². The third kappa shape index (κ3) is 4.51. The van der Waals surface area contributed by atoms with Gasteiger partial charge in [0.15, 0.2) is 0 Å². The van der Waals surface area contributed by atoms with E-state index in [1.165, 1.54) is 0 Å². The average molecular weight is 345 g/mol. The molecule has 2 N–H and O–H groups in total. The van der Waals surface area contributed by atoms with E-state index >= 15 is 0 Å². The van der Waals surface area contributed by atoms with E-state index in [1.54, 1.807) is 13.1 Å². The molecule has 0 spiro atoms. The Bertz CT molecular complexity index is 614. The Morgan fingerprint density at radius 3 is 2.92 bits per heavy atom. The van der Waals surface area contributed by atoms with Crippen LogP contribution in [-0.2, 0) is 11.2 Å². The van der Waals surface area contributed by atoms with E-state index < -0.39 is 0 Å². The summed E-state index contributed by atoms with van der Waals surface area (Å²) in [5, 5.41) is 5.62. The SMILES string of the molecule is CNC(=O)c1cccc(CCNC(=O)N2CC[C@H]([C@H]3CCOC3)C2)c1. The summed E-state index contributed by atoms with van der Waals surface area (Å²) in [4.78, 5) is 25.9. The minimum Gasteiger partial charge on any atom is -0.381 e. The maximum absolute atomic E-state index is 12.3. The summed E-state index contributed by atoms with van der Waals surface area (Å²) in [5.74, 6) is 1.10. The van der Waals surface area contributed by atoms with Crippen LogP contribution in [0.4, 0.5) is 4.79 Å². The van der Waals surface area contributed by atoms with E-state index in [4.69, 9.17) is 4.74 Å². The standard InChI is InChI=1S/C19H27N3O3/c1-20-18(23)15-4-2-3-14(11-15)5-8-21-19(24)22-9-6-16(12-22)17-7-10-25-13-17/h2-4,11,16-17H,5-10,12-13H2,1H3,(H,20,23)(H,21,24)/t16-,17-/m0/s1. The fraction of sp³-hybridized carbons (Fsp3) is 0.579. The van der Waals surface area contributed by atoms with Gasteiger partial charge in [0.25, 0.3) is 5.91 Å². The number of hydrogen-bond donors (Lipinski definition) is 2.